The zero-order valence-electron chi connectivity index (χ0n) is 10.6. The number of aliphatic hydroxyl groups excluding tert-OH is 1. The normalized spacial score (nSPS) is 10.8. The quantitative estimate of drug-likeness (QED) is 0.755. The van der Waals surface area contributed by atoms with Gasteiger partial charge in [-0.25, -0.2) is 4.98 Å². The SMILES string of the molecule is COc1ccc(-c2nc3c(CO)cccc3[nH]2)cc1. The number of hydrogen-bond acceptors (Lipinski definition) is 3. The third-order valence-corrected chi connectivity index (χ3v) is 3.13. The molecule has 2 aromatic carbocycles. The molecule has 0 saturated carbocycles. The number of benzene rings is 2. The van der Waals surface area contributed by atoms with Crippen LogP contribution in [-0.4, -0.2) is 22.2 Å². The van der Waals surface area contributed by atoms with Gasteiger partial charge in [0.25, 0.3) is 0 Å². The Hall–Kier alpha value is -2.33. The second-order valence-corrected chi connectivity index (χ2v) is 4.29. The van der Waals surface area contributed by atoms with E-state index < -0.39 is 0 Å². The summed E-state index contributed by atoms with van der Waals surface area (Å²) in [5.74, 6) is 1.61. The van der Waals surface area contributed by atoms with Gasteiger partial charge in [-0.1, -0.05) is 12.1 Å². The largest absolute Gasteiger partial charge is 0.497 e. The van der Waals surface area contributed by atoms with Crippen molar-refractivity contribution in [3.63, 3.8) is 0 Å². The highest BCUT2D eigenvalue weighted by atomic mass is 16.5. The fraction of sp³-hybridized carbons (Fsp3) is 0.133. The number of H-pyrrole nitrogens is 1. The number of nitrogens with zero attached hydrogens (tertiary/aromatic N) is 1. The molecule has 4 nitrogen and oxygen atoms in total. The first-order chi connectivity index (χ1) is 9.31. The highest BCUT2D eigenvalue weighted by Gasteiger charge is 2.08. The molecule has 0 amide bonds. The monoisotopic (exact) mass is 254 g/mol. The summed E-state index contributed by atoms with van der Waals surface area (Å²) in [5.41, 5.74) is 3.56. The van der Waals surface area contributed by atoms with Crippen LogP contribution in [0.25, 0.3) is 22.4 Å². The average molecular weight is 254 g/mol. The Labute approximate surface area is 110 Å². The summed E-state index contributed by atoms with van der Waals surface area (Å²) in [6, 6.07) is 13.4. The molecule has 0 radical (unpaired) electrons. The summed E-state index contributed by atoms with van der Waals surface area (Å²) in [7, 11) is 1.64. The van der Waals surface area contributed by atoms with Crippen LogP contribution < -0.4 is 4.74 Å². The van der Waals surface area contributed by atoms with Crippen molar-refractivity contribution in [1.29, 1.82) is 0 Å². The van der Waals surface area contributed by atoms with Gasteiger partial charge < -0.3 is 14.8 Å². The van der Waals surface area contributed by atoms with E-state index in [9.17, 15) is 5.11 Å². The van der Waals surface area contributed by atoms with Gasteiger partial charge in [0.2, 0.25) is 0 Å². The number of imidazole rings is 1. The lowest BCUT2D eigenvalue weighted by molar-refractivity contribution is 0.283. The molecule has 0 bridgehead atoms. The van der Waals surface area contributed by atoms with E-state index in [1.807, 2.05) is 42.5 Å². The first-order valence-corrected chi connectivity index (χ1v) is 6.04. The molecule has 3 rings (SSSR count). The van der Waals surface area contributed by atoms with Crippen LogP contribution in [0.3, 0.4) is 0 Å². The van der Waals surface area contributed by atoms with E-state index in [1.54, 1.807) is 7.11 Å². The number of methoxy groups -OCH3 is 1. The van der Waals surface area contributed by atoms with Gasteiger partial charge in [0.1, 0.15) is 11.6 Å². The number of ether oxygens (including phenoxy) is 1. The molecule has 4 heteroatoms. The van der Waals surface area contributed by atoms with Crippen molar-refractivity contribution in [2.24, 2.45) is 0 Å². The summed E-state index contributed by atoms with van der Waals surface area (Å²) in [6.07, 6.45) is 0. The molecule has 1 heterocycles. The van der Waals surface area contributed by atoms with Gasteiger partial charge in [-0.05, 0) is 30.3 Å². The van der Waals surface area contributed by atoms with Crippen LogP contribution >= 0.6 is 0 Å². The summed E-state index contributed by atoms with van der Waals surface area (Å²) in [5, 5.41) is 9.31. The molecule has 0 atom stereocenters. The Morgan fingerprint density at radius 3 is 2.63 bits per heavy atom. The fourth-order valence-corrected chi connectivity index (χ4v) is 2.10. The molecular formula is C15H14N2O2. The van der Waals surface area contributed by atoms with E-state index in [-0.39, 0.29) is 6.61 Å². The summed E-state index contributed by atoms with van der Waals surface area (Å²) in [6.45, 7) is -0.00968. The standard InChI is InChI=1S/C15H14N2O2/c1-19-12-7-5-10(6-8-12)15-16-13-4-2-3-11(9-18)14(13)17-15/h2-8,18H,9H2,1H3,(H,16,17). The molecule has 0 fully saturated rings. The number of fused-ring (bicyclic) bond motifs is 1. The van der Waals surface area contributed by atoms with Crippen molar-refractivity contribution < 1.29 is 9.84 Å². The maximum Gasteiger partial charge on any atom is 0.138 e. The van der Waals surface area contributed by atoms with Crippen LogP contribution in [0, 0.1) is 0 Å². The Kier molecular flexibility index (Phi) is 2.93. The van der Waals surface area contributed by atoms with Gasteiger partial charge in [0, 0.05) is 11.1 Å². The van der Waals surface area contributed by atoms with Crippen LogP contribution in [0.5, 0.6) is 5.75 Å². The molecule has 0 aliphatic heterocycles. The third kappa shape index (κ3) is 2.06. The third-order valence-electron chi connectivity index (χ3n) is 3.13. The maximum absolute atomic E-state index is 9.31. The van der Waals surface area contributed by atoms with Crippen molar-refractivity contribution in [2.45, 2.75) is 6.61 Å². The number of aromatic amines is 1. The maximum atomic E-state index is 9.31. The summed E-state index contributed by atoms with van der Waals surface area (Å²) < 4.78 is 5.14. The molecule has 96 valence electrons. The van der Waals surface area contributed by atoms with E-state index in [0.717, 1.165) is 33.7 Å². The second kappa shape index (κ2) is 4.74. The highest BCUT2D eigenvalue weighted by molar-refractivity contribution is 5.82. The number of rotatable bonds is 3. The van der Waals surface area contributed by atoms with Gasteiger partial charge in [0.15, 0.2) is 0 Å². The van der Waals surface area contributed by atoms with Crippen molar-refractivity contribution in [2.75, 3.05) is 7.11 Å². The van der Waals surface area contributed by atoms with Crippen molar-refractivity contribution in [3.8, 4) is 17.1 Å². The Bertz CT molecular complexity index is 702. The van der Waals surface area contributed by atoms with E-state index >= 15 is 0 Å². The number of para-hydroxylation sites is 1. The van der Waals surface area contributed by atoms with Gasteiger partial charge in [-0.3, -0.25) is 0 Å². The Morgan fingerprint density at radius 1 is 1.16 bits per heavy atom. The molecule has 0 saturated heterocycles. The number of hydrogen-bond donors (Lipinski definition) is 2. The minimum atomic E-state index is -0.00968. The van der Waals surface area contributed by atoms with Crippen LogP contribution in [0.1, 0.15) is 5.56 Å². The molecule has 19 heavy (non-hydrogen) atoms. The number of aliphatic hydroxyl groups is 1. The van der Waals surface area contributed by atoms with Crippen molar-refractivity contribution in [1.82, 2.24) is 9.97 Å². The fourth-order valence-electron chi connectivity index (χ4n) is 2.10. The molecule has 3 aromatic rings. The Morgan fingerprint density at radius 2 is 1.95 bits per heavy atom. The van der Waals surface area contributed by atoms with E-state index in [4.69, 9.17) is 4.74 Å². The predicted molar refractivity (Wildman–Crippen MR) is 74.0 cm³/mol. The van der Waals surface area contributed by atoms with Crippen molar-refractivity contribution in [3.05, 3.63) is 48.0 Å². The van der Waals surface area contributed by atoms with E-state index in [0.29, 0.717) is 0 Å². The molecule has 0 spiro atoms. The first kappa shape index (κ1) is 11.7. The van der Waals surface area contributed by atoms with Crippen molar-refractivity contribution >= 4 is 11.0 Å². The predicted octanol–water partition coefficient (Wildman–Crippen LogP) is 2.73. The van der Waals surface area contributed by atoms with Gasteiger partial charge in [-0.2, -0.15) is 0 Å². The second-order valence-electron chi connectivity index (χ2n) is 4.29. The zero-order chi connectivity index (χ0) is 13.2. The lowest BCUT2D eigenvalue weighted by Gasteiger charge is -2.00. The van der Waals surface area contributed by atoms with Crippen LogP contribution in [0.4, 0.5) is 0 Å². The number of aromatic nitrogens is 2. The molecule has 0 unspecified atom stereocenters. The molecule has 0 aliphatic rings. The van der Waals surface area contributed by atoms with Gasteiger partial charge in [-0.15, -0.1) is 0 Å². The molecule has 0 aliphatic carbocycles. The first-order valence-electron chi connectivity index (χ1n) is 6.04. The van der Waals surface area contributed by atoms with Gasteiger partial charge >= 0.3 is 0 Å². The molecule has 1 aromatic heterocycles. The van der Waals surface area contributed by atoms with E-state index in [2.05, 4.69) is 9.97 Å². The summed E-state index contributed by atoms with van der Waals surface area (Å²) >= 11 is 0. The molecule has 2 N–H and O–H groups in total. The zero-order valence-corrected chi connectivity index (χ0v) is 10.6. The van der Waals surface area contributed by atoms with Crippen LogP contribution in [0.15, 0.2) is 42.5 Å². The van der Waals surface area contributed by atoms with Gasteiger partial charge in [0.05, 0.1) is 24.8 Å². The average Bonchev–Trinajstić information content (AvgIpc) is 2.91. The smallest absolute Gasteiger partial charge is 0.138 e. The minimum absolute atomic E-state index is 0.00968. The van der Waals surface area contributed by atoms with Crippen LogP contribution in [-0.2, 0) is 6.61 Å². The van der Waals surface area contributed by atoms with Crippen LogP contribution in [0.2, 0.25) is 0 Å². The van der Waals surface area contributed by atoms with E-state index in [1.165, 1.54) is 0 Å². The number of nitrogens with one attached hydrogen (secondary N) is 1. The lowest BCUT2D eigenvalue weighted by atomic mass is 10.2. The Balaban J connectivity index is 2.09. The highest BCUT2D eigenvalue weighted by Crippen LogP contribution is 2.24. The minimum Gasteiger partial charge on any atom is -0.497 e. The lowest BCUT2D eigenvalue weighted by Crippen LogP contribution is -1.85. The molecular weight excluding hydrogens is 240 g/mol. The summed E-state index contributed by atoms with van der Waals surface area (Å²) in [4.78, 5) is 7.81. The topological polar surface area (TPSA) is 58.1 Å².